The zero-order valence-electron chi connectivity index (χ0n) is 12.6. The van der Waals surface area contributed by atoms with E-state index in [2.05, 4.69) is 5.10 Å². The van der Waals surface area contributed by atoms with Gasteiger partial charge in [0.05, 0.1) is 6.20 Å². The van der Waals surface area contributed by atoms with Crippen LogP contribution in [0.4, 0.5) is 13.2 Å². The number of aromatic nitrogens is 2. The van der Waals surface area contributed by atoms with Crippen LogP contribution in [0.5, 0.6) is 0 Å². The largest absolute Gasteiger partial charge is 0.480 e. The molecule has 0 saturated heterocycles. The van der Waals surface area contributed by atoms with Crippen LogP contribution in [0.25, 0.3) is 0 Å². The van der Waals surface area contributed by atoms with Gasteiger partial charge in [-0.25, -0.2) is 8.42 Å². The van der Waals surface area contributed by atoms with Crippen LogP contribution in [0.3, 0.4) is 0 Å². The Morgan fingerprint density at radius 2 is 1.92 bits per heavy atom. The molecule has 0 aliphatic heterocycles. The van der Waals surface area contributed by atoms with E-state index in [1.165, 1.54) is 0 Å². The third kappa shape index (κ3) is 5.57. The number of alkyl halides is 3. The standard InChI is InChI=1S/C14H14F3N3O4S/c15-14(16,17)9-20-8-11(7-18-20)25(23,24)19-12(13(21)22)6-10-4-2-1-3-5-10/h1-5,7-8,12,19H,6,9H2,(H,21,22)/t12-/m0/s1. The Morgan fingerprint density at radius 1 is 1.28 bits per heavy atom. The van der Waals surface area contributed by atoms with Gasteiger partial charge < -0.3 is 5.11 Å². The van der Waals surface area contributed by atoms with Crippen molar-refractivity contribution in [3.63, 3.8) is 0 Å². The summed E-state index contributed by atoms with van der Waals surface area (Å²) in [4.78, 5) is 10.8. The van der Waals surface area contributed by atoms with Gasteiger partial charge in [0.25, 0.3) is 0 Å². The van der Waals surface area contributed by atoms with Gasteiger partial charge in [0.15, 0.2) is 0 Å². The molecule has 2 N–H and O–H groups in total. The van der Waals surface area contributed by atoms with Gasteiger partial charge in [-0.3, -0.25) is 9.48 Å². The van der Waals surface area contributed by atoms with Crippen LogP contribution in [0.2, 0.25) is 0 Å². The Hall–Kier alpha value is -2.40. The van der Waals surface area contributed by atoms with Crippen molar-refractivity contribution in [1.29, 1.82) is 0 Å². The smallest absolute Gasteiger partial charge is 0.408 e. The summed E-state index contributed by atoms with van der Waals surface area (Å²) in [7, 11) is -4.34. The van der Waals surface area contributed by atoms with E-state index in [9.17, 15) is 31.5 Å². The molecule has 2 aromatic rings. The highest BCUT2D eigenvalue weighted by Crippen LogP contribution is 2.18. The number of carboxylic acids is 1. The zero-order valence-corrected chi connectivity index (χ0v) is 13.5. The fourth-order valence-electron chi connectivity index (χ4n) is 2.04. The second kappa shape index (κ2) is 7.23. The predicted octanol–water partition coefficient (Wildman–Crippen LogP) is 1.42. The minimum atomic E-state index is -4.56. The molecule has 0 aliphatic carbocycles. The minimum Gasteiger partial charge on any atom is -0.480 e. The summed E-state index contributed by atoms with van der Waals surface area (Å²) in [6, 6.07) is 6.85. The molecule has 0 spiro atoms. The fourth-order valence-corrected chi connectivity index (χ4v) is 3.18. The van der Waals surface area contributed by atoms with E-state index in [1.807, 2.05) is 4.72 Å². The highest BCUT2D eigenvalue weighted by Gasteiger charge is 2.30. The number of rotatable bonds is 7. The van der Waals surface area contributed by atoms with Crippen LogP contribution in [-0.4, -0.2) is 41.5 Å². The summed E-state index contributed by atoms with van der Waals surface area (Å²) in [5.41, 5.74) is 0.588. The molecule has 1 aromatic heterocycles. The number of carboxylic acid groups (broad SMARTS) is 1. The number of nitrogens with zero attached hydrogens (tertiary/aromatic N) is 2. The maximum atomic E-state index is 12.3. The summed E-state index contributed by atoms with van der Waals surface area (Å²) >= 11 is 0. The summed E-state index contributed by atoms with van der Waals surface area (Å²) < 4.78 is 63.7. The van der Waals surface area contributed by atoms with Gasteiger partial charge in [0.2, 0.25) is 10.0 Å². The highest BCUT2D eigenvalue weighted by atomic mass is 32.2. The van der Waals surface area contributed by atoms with Crippen molar-refractivity contribution in [2.75, 3.05) is 0 Å². The number of benzene rings is 1. The van der Waals surface area contributed by atoms with Crippen LogP contribution in [0, 0.1) is 0 Å². The lowest BCUT2D eigenvalue weighted by Crippen LogP contribution is -2.42. The van der Waals surface area contributed by atoms with Crippen molar-refractivity contribution >= 4 is 16.0 Å². The topological polar surface area (TPSA) is 101 Å². The third-order valence-corrected chi connectivity index (χ3v) is 4.57. The minimum absolute atomic E-state index is 0.119. The van der Waals surface area contributed by atoms with Gasteiger partial charge in [-0.15, -0.1) is 0 Å². The number of carbonyl (C=O) groups is 1. The van der Waals surface area contributed by atoms with Crippen LogP contribution < -0.4 is 4.72 Å². The first-order valence-electron chi connectivity index (χ1n) is 6.95. The molecule has 0 amide bonds. The van der Waals surface area contributed by atoms with Crippen molar-refractivity contribution in [3.05, 3.63) is 48.3 Å². The molecule has 0 aliphatic rings. The maximum Gasteiger partial charge on any atom is 0.408 e. The Labute approximate surface area is 141 Å². The highest BCUT2D eigenvalue weighted by molar-refractivity contribution is 7.89. The molecule has 0 saturated carbocycles. The van der Waals surface area contributed by atoms with Crippen LogP contribution in [0.15, 0.2) is 47.6 Å². The number of halogens is 3. The van der Waals surface area contributed by atoms with E-state index in [1.54, 1.807) is 30.3 Å². The molecular weight excluding hydrogens is 363 g/mol. The SMILES string of the molecule is O=C(O)[C@H](Cc1ccccc1)NS(=O)(=O)c1cnn(CC(F)(F)F)c1. The molecule has 0 fully saturated rings. The van der Waals surface area contributed by atoms with Crippen molar-refractivity contribution in [1.82, 2.24) is 14.5 Å². The number of hydrogen-bond acceptors (Lipinski definition) is 4. The molecule has 0 unspecified atom stereocenters. The summed E-state index contributed by atoms with van der Waals surface area (Å²) in [6.07, 6.45) is -3.25. The van der Waals surface area contributed by atoms with Gasteiger partial charge in [-0.1, -0.05) is 30.3 Å². The van der Waals surface area contributed by atoms with Crippen LogP contribution in [-0.2, 0) is 27.8 Å². The molecule has 1 heterocycles. The van der Waals surface area contributed by atoms with Crippen molar-refractivity contribution in [3.8, 4) is 0 Å². The molecule has 0 bridgehead atoms. The normalized spacial score (nSPS) is 13.6. The first-order valence-corrected chi connectivity index (χ1v) is 8.43. The summed E-state index contributed by atoms with van der Waals surface area (Å²) in [6.45, 7) is -1.45. The first-order chi connectivity index (χ1) is 11.6. The van der Waals surface area contributed by atoms with E-state index in [0.29, 0.717) is 16.4 Å². The van der Waals surface area contributed by atoms with Crippen molar-refractivity contribution in [2.24, 2.45) is 0 Å². The molecule has 2 rings (SSSR count). The quantitative estimate of drug-likeness (QED) is 0.760. The molecule has 1 aromatic carbocycles. The lowest BCUT2D eigenvalue weighted by molar-refractivity contribution is -0.142. The average Bonchev–Trinajstić information content (AvgIpc) is 2.94. The van der Waals surface area contributed by atoms with Gasteiger partial charge in [0.1, 0.15) is 17.5 Å². The molecule has 136 valence electrons. The molecule has 7 nitrogen and oxygen atoms in total. The number of hydrogen-bond donors (Lipinski definition) is 2. The summed E-state index contributed by atoms with van der Waals surface area (Å²) in [5.74, 6) is -1.41. The van der Waals surface area contributed by atoms with Crippen LogP contribution in [0.1, 0.15) is 5.56 Å². The lowest BCUT2D eigenvalue weighted by atomic mass is 10.1. The Balaban J connectivity index is 2.16. The zero-order chi connectivity index (χ0) is 18.7. The Morgan fingerprint density at radius 3 is 2.48 bits per heavy atom. The molecular formula is C14H14F3N3O4S. The summed E-state index contributed by atoms with van der Waals surface area (Å²) in [5, 5.41) is 12.5. The molecule has 11 heteroatoms. The van der Waals surface area contributed by atoms with E-state index < -0.39 is 39.7 Å². The lowest BCUT2D eigenvalue weighted by Gasteiger charge is -2.14. The Kier molecular flexibility index (Phi) is 5.48. The van der Waals surface area contributed by atoms with Crippen molar-refractivity contribution < 1.29 is 31.5 Å². The van der Waals surface area contributed by atoms with E-state index in [-0.39, 0.29) is 6.42 Å². The second-order valence-corrected chi connectivity index (χ2v) is 6.90. The van der Waals surface area contributed by atoms with E-state index in [0.717, 1.165) is 6.20 Å². The number of nitrogens with one attached hydrogen (secondary N) is 1. The predicted molar refractivity (Wildman–Crippen MR) is 80.2 cm³/mol. The van der Waals surface area contributed by atoms with E-state index >= 15 is 0 Å². The van der Waals surface area contributed by atoms with Gasteiger partial charge >= 0.3 is 12.1 Å². The Bertz CT molecular complexity index is 835. The average molecular weight is 377 g/mol. The van der Waals surface area contributed by atoms with Gasteiger partial charge in [-0.2, -0.15) is 23.0 Å². The van der Waals surface area contributed by atoms with Crippen LogP contribution >= 0.6 is 0 Å². The molecule has 0 radical (unpaired) electrons. The van der Waals surface area contributed by atoms with Gasteiger partial charge in [-0.05, 0) is 12.0 Å². The number of aliphatic carboxylic acids is 1. The van der Waals surface area contributed by atoms with E-state index in [4.69, 9.17) is 0 Å². The maximum absolute atomic E-state index is 12.3. The fraction of sp³-hybridized carbons (Fsp3) is 0.286. The third-order valence-electron chi connectivity index (χ3n) is 3.14. The molecule has 25 heavy (non-hydrogen) atoms. The monoisotopic (exact) mass is 377 g/mol. The first kappa shape index (κ1) is 18.9. The van der Waals surface area contributed by atoms with Crippen molar-refractivity contribution in [2.45, 2.75) is 30.1 Å². The second-order valence-electron chi connectivity index (χ2n) is 5.19. The van der Waals surface area contributed by atoms with Gasteiger partial charge in [0, 0.05) is 6.20 Å². The molecule has 1 atom stereocenters. The number of sulfonamides is 1.